The van der Waals surface area contributed by atoms with E-state index in [1.54, 1.807) is 25.3 Å². The van der Waals surface area contributed by atoms with Crippen molar-refractivity contribution in [1.82, 2.24) is 9.97 Å². The minimum atomic E-state index is -0.424. The SMILES string of the molecule is Cc1nc(Cl)cc(NC2N=CC(C(=O)Nc3c(C)cccc3Cl)S2)n1. The average Bonchev–Trinajstić information content (AvgIpc) is 2.98. The molecule has 2 N–H and O–H groups in total. The fourth-order valence-electron chi connectivity index (χ4n) is 2.28. The quantitative estimate of drug-likeness (QED) is 0.766. The summed E-state index contributed by atoms with van der Waals surface area (Å²) >= 11 is 13.4. The summed E-state index contributed by atoms with van der Waals surface area (Å²) in [5.74, 6) is 0.951. The van der Waals surface area contributed by atoms with Crippen molar-refractivity contribution >= 4 is 58.6 Å². The molecular weight excluding hydrogens is 381 g/mol. The van der Waals surface area contributed by atoms with E-state index in [0.29, 0.717) is 27.5 Å². The maximum Gasteiger partial charge on any atom is 0.243 e. The zero-order valence-corrected chi connectivity index (χ0v) is 15.8. The molecule has 3 rings (SSSR count). The van der Waals surface area contributed by atoms with Crippen LogP contribution < -0.4 is 10.6 Å². The molecular formula is C16H15Cl2N5OS. The molecule has 0 aliphatic carbocycles. The average molecular weight is 396 g/mol. The Morgan fingerprint density at radius 1 is 1.24 bits per heavy atom. The van der Waals surface area contributed by atoms with Gasteiger partial charge in [0, 0.05) is 12.3 Å². The van der Waals surface area contributed by atoms with Gasteiger partial charge in [0.25, 0.3) is 0 Å². The number of aliphatic imine (C=N–C) groups is 1. The number of nitrogens with one attached hydrogen (secondary N) is 2. The van der Waals surface area contributed by atoms with Crippen LogP contribution in [0.1, 0.15) is 11.4 Å². The van der Waals surface area contributed by atoms with Crippen LogP contribution in [0.25, 0.3) is 0 Å². The minimum Gasteiger partial charge on any atom is -0.340 e. The predicted molar refractivity (Wildman–Crippen MR) is 104 cm³/mol. The second-order valence-electron chi connectivity index (χ2n) is 5.40. The van der Waals surface area contributed by atoms with Gasteiger partial charge in [-0.1, -0.05) is 47.1 Å². The normalized spacial score (nSPS) is 19.0. The Kier molecular flexibility index (Phi) is 5.46. The molecule has 130 valence electrons. The van der Waals surface area contributed by atoms with Crippen LogP contribution in [0, 0.1) is 13.8 Å². The van der Waals surface area contributed by atoms with Gasteiger partial charge < -0.3 is 10.6 Å². The van der Waals surface area contributed by atoms with Gasteiger partial charge >= 0.3 is 0 Å². The lowest BCUT2D eigenvalue weighted by atomic mass is 10.2. The lowest BCUT2D eigenvalue weighted by Crippen LogP contribution is -2.26. The Labute approximate surface area is 159 Å². The number of anilines is 2. The number of carbonyl (C=O) groups is 1. The number of amides is 1. The Morgan fingerprint density at radius 2 is 2.04 bits per heavy atom. The van der Waals surface area contributed by atoms with E-state index in [4.69, 9.17) is 23.2 Å². The van der Waals surface area contributed by atoms with Crippen LogP contribution in [0.5, 0.6) is 0 Å². The number of benzene rings is 1. The maximum atomic E-state index is 12.5. The first kappa shape index (κ1) is 18.0. The summed E-state index contributed by atoms with van der Waals surface area (Å²) < 4.78 is 0. The van der Waals surface area contributed by atoms with E-state index in [9.17, 15) is 4.79 Å². The molecule has 0 saturated heterocycles. The Balaban J connectivity index is 1.63. The summed E-state index contributed by atoms with van der Waals surface area (Å²) in [4.78, 5) is 25.0. The highest BCUT2D eigenvalue weighted by molar-refractivity contribution is 8.02. The molecule has 1 aromatic carbocycles. The number of para-hydroxylation sites is 1. The standard InChI is InChI=1S/C16H15Cl2N5OS/c1-8-4-3-5-10(17)14(8)23-15(24)11-7-19-16(25-11)22-13-6-12(18)20-9(2)21-13/h3-7,11,16H,1-2H3,(H,23,24)(H,20,21,22). The lowest BCUT2D eigenvalue weighted by Gasteiger charge is -2.14. The van der Waals surface area contributed by atoms with Crippen LogP contribution in [0.4, 0.5) is 11.5 Å². The van der Waals surface area contributed by atoms with E-state index in [1.807, 2.05) is 19.1 Å². The number of rotatable bonds is 4. The summed E-state index contributed by atoms with van der Waals surface area (Å²) in [7, 11) is 0. The minimum absolute atomic E-state index is 0.175. The van der Waals surface area contributed by atoms with Gasteiger partial charge in [-0.2, -0.15) is 0 Å². The molecule has 2 heterocycles. The molecule has 1 aliphatic rings. The number of aryl methyl sites for hydroxylation is 2. The summed E-state index contributed by atoms with van der Waals surface area (Å²) in [6.07, 6.45) is 1.61. The smallest absolute Gasteiger partial charge is 0.243 e. The van der Waals surface area contributed by atoms with Crippen LogP contribution in [0.3, 0.4) is 0 Å². The fourth-order valence-corrected chi connectivity index (χ4v) is 3.71. The third-order valence-corrected chi connectivity index (χ3v) is 5.07. The molecule has 0 fully saturated rings. The zero-order chi connectivity index (χ0) is 18.0. The van der Waals surface area contributed by atoms with E-state index >= 15 is 0 Å². The summed E-state index contributed by atoms with van der Waals surface area (Å²) in [6.45, 7) is 3.65. The number of thioether (sulfide) groups is 1. The monoisotopic (exact) mass is 395 g/mol. The molecule has 1 aliphatic heterocycles. The molecule has 0 spiro atoms. The van der Waals surface area contributed by atoms with Crippen molar-refractivity contribution in [2.45, 2.75) is 24.6 Å². The molecule has 2 atom stereocenters. The van der Waals surface area contributed by atoms with Crippen LogP contribution in [-0.2, 0) is 4.79 Å². The highest BCUT2D eigenvalue weighted by atomic mass is 35.5. The van der Waals surface area contributed by atoms with Crippen LogP contribution in [0.15, 0.2) is 29.3 Å². The lowest BCUT2D eigenvalue weighted by molar-refractivity contribution is -0.114. The number of aromatic nitrogens is 2. The Morgan fingerprint density at radius 3 is 2.76 bits per heavy atom. The molecule has 25 heavy (non-hydrogen) atoms. The summed E-state index contributed by atoms with van der Waals surface area (Å²) in [5.41, 5.74) is 1.20. The van der Waals surface area contributed by atoms with Gasteiger partial charge in [0.05, 0.1) is 10.7 Å². The van der Waals surface area contributed by atoms with Crippen molar-refractivity contribution < 1.29 is 4.79 Å². The first-order valence-electron chi connectivity index (χ1n) is 7.45. The van der Waals surface area contributed by atoms with Crippen molar-refractivity contribution in [1.29, 1.82) is 0 Å². The van der Waals surface area contributed by atoms with Gasteiger partial charge in [-0.3, -0.25) is 9.79 Å². The Hall–Kier alpha value is -1.83. The predicted octanol–water partition coefficient (Wildman–Crippen LogP) is 3.92. The van der Waals surface area contributed by atoms with Crippen molar-refractivity contribution in [2.75, 3.05) is 10.6 Å². The third-order valence-electron chi connectivity index (χ3n) is 3.44. The number of hydrogen-bond donors (Lipinski definition) is 2. The number of carbonyl (C=O) groups excluding carboxylic acids is 1. The van der Waals surface area contributed by atoms with Crippen LogP contribution in [0.2, 0.25) is 10.2 Å². The number of hydrogen-bond acceptors (Lipinski definition) is 6. The van der Waals surface area contributed by atoms with Gasteiger partial charge in [-0.25, -0.2) is 9.97 Å². The van der Waals surface area contributed by atoms with Gasteiger partial charge in [-0.05, 0) is 25.5 Å². The van der Waals surface area contributed by atoms with E-state index in [-0.39, 0.29) is 11.4 Å². The van der Waals surface area contributed by atoms with E-state index in [1.165, 1.54) is 11.8 Å². The van der Waals surface area contributed by atoms with Gasteiger partial charge in [0.2, 0.25) is 5.91 Å². The number of halogens is 2. The molecule has 0 bridgehead atoms. The van der Waals surface area contributed by atoms with Crippen molar-refractivity contribution in [3.8, 4) is 0 Å². The summed E-state index contributed by atoms with van der Waals surface area (Å²) in [5, 5.41) is 6.42. The Bertz CT molecular complexity index is 805. The maximum absolute atomic E-state index is 12.5. The highest BCUT2D eigenvalue weighted by Crippen LogP contribution is 2.29. The molecule has 0 saturated carbocycles. The van der Waals surface area contributed by atoms with Gasteiger partial charge in [0.1, 0.15) is 22.0 Å². The van der Waals surface area contributed by atoms with Crippen LogP contribution in [-0.4, -0.2) is 32.8 Å². The molecule has 2 unspecified atom stereocenters. The first-order valence-corrected chi connectivity index (χ1v) is 9.15. The zero-order valence-electron chi connectivity index (χ0n) is 13.5. The van der Waals surface area contributed by atoms with Gasteiger partial charge in [0.15, 0.2) is 5.50 Å². The first-order chi connectivity index (χ1) is 11.9. The molecule has 9 heteroatoms. The molecule has 2 aromatic rings. The highest BCUT2D eigenvalue weighted by Gasteiger charge is 2.28. The summed E-state index contributed by atoms with van der Waals surface area (Å²) in [6, 6.07) is 7.09. The molecule has 6 nitrogen and oxygen atoms in total. The van der Waals surface area contributed by atoms with E-state index in [2.05, 4.69) is 25.6 Å². The largest absolute Gasteiger partial charge is 0.340 e. The van der Waals surface area contributed by atoms with Crippen molar-refractivity contribution in [3.63, 3.8) is 0 Å². The van der Waals surface area contributed by atoms with Gasteiger partial charge in [-0.15, -0.1) is 0 Å². The topological polar surface area (TPSA) is 79.3 Å². The molecule has 1 amide bonds. The molecule has 1 aromatic heterocycles. The van der Waals surface area contributed by atoms with Crippen molar-refractivity contribution in [3.05, 3.63) is 45.8 Å². The second kappa shape index (κ2) is 7.59. The third kappa shape index (κ3) is 4.42. The fraction of sp³-hybridized carbons (Fsp3) is 0.250. The molecule has 0 radical (unpaired) electrons. The second-order valence-corrected chi connectivity index (χ2v) is 7.42. The number of nitrogens with zero attached hydrogens (tertiary/aromatic N) is 3. The van der Waals surface area contributed by atoms with Crippen molar-refractivity contribution in [2.24, 2.45) is 4.99 Å². The van der Waals surface area contributed by atoms with Crippen LogP contribution >= 0.6 is 35.0 Å². The van der Waals surface area contributed by atoms with E-state index in [0.717, 1.165) is 5.56 Å². The van der Waals surface area contributed by atoms with E-state index < -0.39 is 5.25 Å².